The number of benzene rings is 3. The summed E-state index contributed by atoms with van der Waals surface area (Å²) in [6, 6.07) is 27.2. The molecule has 0 aliphatic rings. The van der Waals surface area contributed by atoms with Gasteiger partial charge in [-0.3, -0.25) is 9.97 Å². The summed E-state index contributed by atoms with van der Waals surface area (Å²) in [7, 11) is 0. The van der Waals surface area contributed by atoms with Crippen LogP contribution in [0.1, 0.15) is 0 Å². The standard InChI is InChI=1S/C24H16N2O2/c1-3-7-17(8-4-1)27-21-13-15-25-23-19(21)11-12-20-22(14-16-26-24(20)23)28-18-9-5-2-6-10-18/h1-16H. The Balaban J connectivity index is 1.62. The van der Waals surface area contributed by atoms with Crippen molar-refractivity contribution in [1.82, 2.24) is 9.97 Å². The summed E-state index contributed by atoms with van der Waals surface area (Å²) < 4.78 is 12.1. The van der Waals surface area contributed by atoms with Crippen LogP contribution in [-0.2, 0) is 0 Å². The highest BCUT2D eigenvalue weighted by Crippen LogP contribution is 2.36. The van der Waals surface area contributed by atoms with Crippen molar-refractivity contribution in [2.24, 2.45) is 0 Å². The molecule has 0 bridgehead atoms. The number of hydrogen-bond donors (Lipinski definition) is 0. The zero-order chi connectivity index (χ0) is 18.8. The van der Waals surface area contributed by atoms with E-state index in [4.69, 9.17) is 9.47 Å². The first kappa shape index (κ1) is 16.3. The monoisotopic (exact) mass is 364 g/mol. The fourth-order valence-corrected chi connectivity index (χ4v) is 3.19. The van der Waals surface area contributed by atoms with E-state index in [2.05, 4.69) is 9.97 Å². The molecule has 0 atom stereocenters. The van der Waals surface area contributed by atoms with Crippen molar-refractivity contribution in [3.8, 4) is 23.0 Å². The van der Waals surface area contributed by atoms with E-state index in [-0.39, 0.29) is 0 Å². The van der Waals surface area contributed by atoms with Crippen LogP contribution < -0.4 is 9.47 Å². The molecule has 2 heterocycles. The Kier molecular flexibility index (Phi) is 4.07. The Hall–Kier alpha value is -3.92. The lowest BCUT2D eigenvalue weighted by atomic mass is 10.1. The molecule has 0 aliphatic carbocycles. The van der Waals surface area contributed by atoms with Crippen LogP contribution in [0.15, 0.2) is 97.3 Å². The van der Waals surface area contributed by atoms with Crippen molar-refractivity contribution in [1.29, 1.82) is 0 Å². The van der Waals surface area contributed by atoms with Gasteiger partial charge < -0.3 is 9.47 Å². The molecular weight excluding hydrogens is 348 g/mol. The maximum Gasteiger partial charge on any atom is 0.138 e. The molecule has 0 saturated heterocycles. The van der Waals surface area contributed by atoms with Gasteiger partial charge in [-0.1, -0.05) is 36.4 Å². The Bertz CT molecular complexity index is 1160. The molecule has 2 aromatic heterocycles. The van der Waals surface area contributed by atoms with E-state index < -0.39 is 0 Å². The van der Waals surface area contributed by atoms with Crippen LogP contribution in [0.25, 0.3) is 21.8 Å². The van der Waals surface area contributed by atoms with E-state index in [0.29, 0.717) is 0 Å². The van der Waals surface area contributed by atoms with Gasteiger partial charge in [0.05, 0.1) is 0 Å². The van der Waals surface area contributed by atoms with Gasteiger partial charge in [0, 0.05) is 23.2 Å². The zero-order valence-corrected chi connectivity index (χ0v) is 14.9. The molecule has 5 aromatic rings. The highest BCUT2D eigenvalue weighted by Gasteiger charge is 2.12. The Morgan fingerprint density at radius 2 is 0.893 bits per heavy atom. The predicted molar refractivity (Wildman–Crippen MR) is 110 cm³/mol. The summed E-state index contributed by atoms with van der Waals surface area (Å²) in [4.78, 5) is 9.12. The molecule has 0 fully saturated rings. The van der Waals surface area contributed by atoms with E-state index in [0.717, 1.165) is 44.8 Å². The van der Waals surface area contributed by atoms with Crippen molar-refractivity contribution in [2.45, 2.75) is 0 Å². The highest BCUT2D eigenvalue weighted by molar-refractivity contribution is 6.06. The Morgan fingerprint density at radius 3 is 1.32 bits per heavy atom. The van der Waals surface area contributed by atoms with E-state index in [1.165, 1.54) is 0 Å². The fraction of sp³-hybridized carbons (Fsp3) is 0. The van der Waals surface area contributed by atoms with Crippen LogP contribution in [0.4, 0.5) is 0 Å². The molecule has 0 unspecified atom stereocenters. The smallest absolute Gasteiger partial charge is 0.138 e. The number of ether oxygens (including phenoxy) is 2. The van der Waals surface area contributed by atoms with E-state index in [1.54, 1.807) is 12.4 Å². The molecule has 0 spiro atoms. The number of para-hydroxylation sites is 2. The van der Waals surface area contributed by atoms with E-state index in [9.17, 15) is 0 Å². The van der Waals surface area contributed by atoms with Crippen molar-refractivity contribution in [2.75, 3.05) is 0 Å². The fourth-order valence-electron chi connectivity index (χ4n) is 3.19. The van der Waals surface area contributed by atoms with E-state index in [1.807, 2.05) is 84.9 Å². The molecule has 0 radical (unpaired) electrons. The highest BCUT2D eigenvalue weighted by atomic mass is 16.5. The second kappa shape index (κ2) is 7.00. The summed E-state index contributed by atoms with van der Waals surface area (Å²) in [6.07, 6.45) is 3.49. The average Bonchev–Trinajstić information content (AvgIpc) is 2.75. The molecule has 3 aromatic carbocycles. The molecule has 0 amide bonds. The lowest BCUT2D eigenvalue weighted by molar-refractivity contribution is 0.487. The van der Waals surface area contributed by atoms with Crippen molar-refractivity contribution < 1.29 is 9.47 Å². The van der Waals surface area contributed by atoms with Gasteiger partial charge in [-0.15, -0.1) is 0 Å². The van der Waals surface area contributed by atoms with Crippen molar-refractivity contribution in [3.05, 3.63) is 97.3 Å². The lowest BCUT2D eigenvalue weighted by Gasteiger charge is -2.12. The van der Waals surface area contributed by atoms with Gasteiger partial charge in [-0.05, 0) is 48.5 Å². The SMILES string of the molecule is c1ccc(Oc2ccnc3c2ccc2c(Oc4ccccc4)ccnc23)cc1. The first-order valence-corrected chi connectivity index (χ1v) is 9.01. The third-order valence-electron chi connectivity index (χ3n) is 4.48. The number of fused-ring (bicyclic) bond motifs is 3. The van der Waals surface area contributed by atoms with Gasteiger partial charge >= 0.3 is 0 Å². The van der Waals surface area contributed by atoms with Gasteiger partial charge in [-0.2, -0.15) is 0 Å². The van der Waals surface area contributed by atoms with Crippen LogP contribution in [0.3, 0.4) is 0 Å². The molecule has 28 heavy (non-hydrogen) atoms. The first-order valence-electron chi connectivity index (χ1n) is 9.01. The number of hydrogen-bond acceptors (Lipinski definition) is 4. The summed E-state index contributed by atoms with van der Waals surface area (Å²) in [5.41, 5.74) is 1.56. The number of pyridine rings is 2. The molecule has 0 N–H and O–H groups in total. The molecule has 4 heteroatoms. The Labute approximate surface area is 162 Å². The maximum absolute atomic E-state index is 6.07. The second-order valence-corrected chi connectivity index (χ2v) is 6.31. The summed E-state index contributed by atoms with van der Waals surface area (Å²) in [5.74, 6) is 3.05. The minimum absolute atomic E-state index is 0.745. The molecule has 134 valence electrons. The van der Waals surface area contributed by atoms with Gasteiger partial charge in [-0.25, -0.2) is 0 Å². The number of rotatable bonds is 4. The molecule has 0 saturated carbocycles. The van der Waals surface area contributed by atoms with Crippen LogP contribution >= 0.6 is 0 Å². The molecule has 4 nitrogen and oxygen atoms in total. The van der Waals surface area contributed by atoms with Crippen molar-refractivity contribution in [3.63, 3.8) is 0 Å². The minimum Gasteiger partial charge on any atom is -0.457 e. The largest absolute Gasteiger partial charge is 0.457 e. The predicted octanol–water partition coefficient (Wildman–Crippen LogP) is 6.37. The maximum atomic E-state index is 6.07. The summed E-state index contributed by atoms with van der Waals surface area (Å²) in [6.45, 7) is 0. The third-order valence-corrected chi connectivity index (χ3v) is 4.48. The van der Waals surface area contributed by atoms with Gasteiger partial charge in [0.2, 0.25) is 0 Å². The topological polar surface area (TPSA) is 44.2 Å². The minimum atomic E-state index is 0.745. The quantitative estimate of drug-likeness (QED) is 0.348. The zero-order valence-electron chi connectivity index (χ0n) is 14.9. The lowest BCUT2D eigenvalue weighted by Crippen LogP contribution is -1.92. The second-order valence-electron chi connectivity index (χ2n) is 6.31. The first-order chi connectivity index (χ1) is 13.9. The third kappa shape index (κ3) is 3.01. The van der Waals surface area contributed by atoms with Crippen LogP contribution in [0, 0.1) is 0 Å². The van der Waals surface area contributed by atoms with Gasteiger partial charge in [0.1, 0.15) is 34.0 Å². The normalized spacial score (nSPS) is 10.9. The summed E-state index contributed by atoms with van der Waals surface area (Å²) >= 11 is 0. The van der Waals surface area contributed by atoms with Crippen molar-refractivity contribution >= 4 is 21.8 Å². The average molecular weight is 364 g/mol. The van der Waals surface area contributed by atoms with Crippen LogP contribution in [0.5, 0.6) is 23.0 Å². The molecule has 0 aliphatic heterocycles. The van der Waals surface area contributed by atoms with Gasteiger partial charge in [0.15, 0.2) is 0 Å². The molecular formula is C24H16N2O2. The summed E-state index contributed by atoms with van der Waals surface area (Å²) in [5, 5.41) is 1.81. The number of nitrogens with zero attached hydrogens (tertiary/aromatic N) is 2. The molecule has 5 rings (SSSR count). The van der Waals surface area contributed by atoms with Crippen LogP contribution in [0.2, 0.25) is 0 Å². The van der Waals surface area contributed by atoms with E-state index >= 15 is 0 Å². The van der Waals surface area contributed by atoms with Crippen LogP contribution in [-0.4, -0.2) is 9.97 Å². The number of aromatic nitrogens is 2. The Morgan fingerprint density at radius 1 is 0.464 bits per heavy atom. The van der Waals surface area contributed by atoms with Gasteiger partial charge in [0.25, 0.3) is 0 Å².